The highest BCUT2D eigenvalue weighted by Gasteiger charge is 2.18. The molecule has 0 aliphatic heterocycles. The van der Waals surface area contributed by atoms with Crippen LogP contribution in [0.5, 0.6) is 17.2 Å². The summed E-state index contributed by atoms with van der Waals surface area (Å²) in [6.07, 6.45) is 1.27. The molecule has 172 valence electrons. The van der Waals surface area contributed by atoms with Gasteiger partial charge in [-0.25, -0.2) is 5.43 Å². The zero-order valence-corrected chi connectivity index (χ0v) is 20.6. The van der Waals surface area contributed by atoms with Crippen molar-refractivity contribution < 1.29 is 26.9 Å². The van der Waals surface area contributed by atoms with Crippen LogP contribution in [-0.4, -0.2) is 34.8 Å². The maximum Gasteiger partial charge on any atom is 0.339 e. The van der Waals surface area contributed by atoms with E-state index in [2.05, 4.69) is 26.5 Å². The standard InChI is InChI=1S/C22H18BrClN2O6S/c1-30-20-9-3-14(12-21(20)31-2)22(27)26-25-13-15-11-16(23)4-10-19(15)32-33(28,29)18-7-5-17(24)6-8-18/h3-13H,1-2H3,(H,26,27)/b25-13+. The summed E-state index contributed by atoms with van der Waals surface area (Å²) >= 11 is 9.14. The van der Waals surface area contributed by atoms with Gasteiger partial charge in [-0.15, -0.1) is 0 Å². The minimum atomic E-state index is -4.11. The highest BCUT2D eigenvalue weighted by atomic mass is 79.9. The maximum absolute atomic E-state index is 12.6. The number of ether oxygens (including phenoxy) is 2. The van der Waals surface area contributed by atoms with Gasteiger partial charge in [-0.05, 0) is 60.7 Å². The van der Waals surface area contributed by atoms with Crippen LogP contribution in [0.3, 0.4) is 0 Å². The summed E-state index contributed by atoms with van der Waals surface area (Å²) in [5, 5.41) is 4.32. The first-order valence-corrected chi connectivity index (χ1v) is 11.9. The SMILES string of the molecule is COc1ccc(C(=O)N/N=C/c2cc(Br)ccc2OS(=O)(=O)c2ccc(Cl)cc2)cc1OC. The van der Waals surface area contributed by atoms with Crippen LogP contribution in [0.4, 0.5) is 0 Å². The van der Waals surface area contributed by atoms with Gasteiger partial charge < -0.3 is 13.7 Å². The molecule has 0 aliphatic rings. The van der Waals surface area contributed by atoms with E-state index in [0.717, 1.165) is 0 Å². The summed E-state index contributed by atoms with van der Waals surface area (Å²) in [6.45, 7) is 0. The molecule has 33 heavy (non-hydrogen) atoms. The fourth-order valence-electron chi connectivity index (χ4n) is 2.67. The van der Waals surface area contributed by atoms with Gasteiger partial charge in [0.05, 0.1) is 20.4 Å². The Morgan fingerprint density at radius 3 is 2.30 bits per heavy atom. The van der Waals surface area contributed by atoms with Gasteiger partial charge >= 0.3 is 10.1 Å². The molecular weight excluding hydrogens is 536 g/mol. The lowest BCUT2D eigenvalue weighted by Crippen LogP contribution is -2.18. The fraction of sp³-hybridized carbons (Fsp3) is 0.0909. The van der Waals surface area contributed by atoms with Gasteiger partial charge in [0.15, 0.2) is 17.2 Å². The second-order valence-corrected chi connectivity index (χ2v) is 9.34. The monoisotopic (exact) mass is 552 g/mol. The fourth-order valence-corrected chi connectivity index (χ4v) is 4.12. The van der Waals surface area contributed by atoms with Crippen molar-refractivity contribution in [2.75, 3.05) is 14.2 Å². The number of carbonyl (C=O) groups excluding carboxylic acids is 1. The summed E-state index contributed by atoms with van der Waals surface area (Å²) < 4.78 is 41.5. The van der Waals surface area contributed by atoms with Crippen molar-refractivity contribution in [1.82, 2.24) is 5.43 Å². The van der Waals surface area contributed by atoms with E-state index < -0.39 is 16.0 Å². The molecule has 0 fully saturated rings. The number of hydrogen-bond donors (Lipinski definition) is 1. The summed E-state index contributed by atoms with van der Waals surface area (Å²) in [7, 11) is -1.16. The van der Waals surface area contributed by atoms with Gasteiger partial charge in [-0.3, -0.25) is 4.79 Å². The lowest BCUT2D eigenvalue weighted by atomic mass is 10.2. The second-order valence-electron chi connectivity index (χ2n) is 6.44. The molecule has 3 rings (SSSR count). The van der Waals surface area contributed by atoms with Crippen LogP contribution in [-0.2, 0) is 10.1 Å². The average Bonchev–Trinajstić information content (AvgIpc) is 2.80. The summed E-state index contributed by atoms with van der Waals surface area (Å²) in [4.78, 5) is 12.4. The van der Waals surface area contributed by atoms with E-state index in [1.165, 1.54) is 56.8 Å². The minimum Gasteiger partial charge on any atom is -0.493 e. The van der Waals surface area contributed by atoms with E-state index in [1.54, 1.807) is 24.3 Å². The highest BCUT2D eigenvalue weighted by Crippen LogP contribution is 2.28. The highest BCUT2D eigenvalue weighted by molar-refractivity contribution is 9.10. The number of benzene rings is 3. The molecule has 0 saturated heterocycles. The smallest absolute Gasteiger partial charge is 0.339 e. The number of methoxy groups -OCH3 is 2. The van der Waals surface area contributed by atoms with Gasteiger partial charge in [-0.1, -0.05) is 27.5 Å². The first-order chi connectivity index (χ1) is 15.7. The molecule has 8 nitrogen and oxygen atoms in total. The largest absolute Gasteiger partial charge is 0.493 e. The number of amides is 1. The number of halogens is 2. The minimum absolute atomic E-state index is 0.0252. The molecule has 0 radical (unpaired) electrons. The Morgan fingerprint density at radius 2 is 1.64 bits per heavy atom. The van der Waals surface area contributed by atoms with Crippen molar-refractivity contribution in [3.63, 3.8) is 0 Å². The molecule has 3 aromatic rings. The Bertz CT molecular complexity index is 1300. The van der Waals surface area contributed by atoms with Gasteiger partial charge in [0.1, 0.15) is 4.90 Å². The second kappa shape index (κ2) is 10.7. The zero-order chi connectivity index (χ0) is 24.0. The first kappa shape index (κ1) is 24.6. The van der Waals surface area contributed by atoms with Gasteiger partial charge in [0, 0.05) is 20.6 Å². The number of carbonyl (C=O) groups is 1. The van der Waals surface area contributed by atoms with E-state index in [9.17, 15) is 13.2 Å². The molecule has 0 spiro atoms. The van der Waals surface area contributed by atoms with Crippen LogP contribution < -0.4 is 19.1 Å². The van der Waals surface area contributed by atoms with Crippen LogP contribution in [0.25, 0.3) is 0 Å². The number of rotatable bonds is 8. The van der Waals surface area contributed by atoms with Crippen LogP contribution >= 0.6 is 27.5 Å². The summed E-state index contributed by atoms with van der Waals surface area (Å²) in [5.74, 6) is 0.398. The van der Waals surface area contributed by atoms with Gasteiger partial charge in [0.2, 0.25) is 0 Å². The molecule has 0 aromatic heterocycles. The average molecular weight is 554 g/mol. The number of hydrogen-bond acceptors (Lipinski definition) is 7. The Balaban J connectivity index is 1.79. The molecule has 1 N–H and O–H groups in total. The molecule has 1 amide bonds. The molecule has 0 atom stereocenters. The lowest BCUT2D eigenvalue weighted by Gasteiger charge is -2.10. The van der Waals surface area contributed by atoms with Crippen molar-refractivity contribution in [2.45, 2.75) is 4.90 Å². The molecular formula is C22H18BrClN2O6S. The quantitative estimate of drug-likeness (QED) is 0.247. The lowest BCUT2D eigenvalue weighted by molar-refractivity contribution is 0.0954. The van der Waals surface area contributed by atoms with Crippen LogP contribution in [0.15, 0.2) is 75.1 Å². The predicted molar refractivity (Wildman–Crippen MR) is 128 cm³/mol. The van der Waals surface area contributed by atoms with E-state index in [-0.39, 0.29) is 10.6 Å². The van der Waals surface area contributed by atoms with E-state index >= 15 is 0 Å². The number of hydrazone groups is 1. The number of nitrogens with one attached hydrogen (secondary N) is 1. The van der Waals surface area contributed by atoms with Crippen LogP contribution in [0.2, 0.25) is 5.02 Å². The van der Waals surface area contributed by atoms with Crippen molar-refractivity contribution in [1.29, 1.82) is 0 Å². The van der Waals surface area contributed by atoms with Crippen molar-refractivity contribution >= 4 is 49.8 Å². The van der Waals surface area contributed by atoms with E-state index in [4.69, 9.17) is 25.3 Å². The molecule has 0 unspecified atom stereocenters. The zero-order valence-electron chi connectivity index (χ0n) is 17.4. The summed E-state index contributed by atoms with van der Waals surface area (Å²) in [6, 6.07) is 14.9. The van der Waals surface area contributed by atoms with Gasteiger partial charge in [0.25, 0.3) is 5.91 Å². The van der Waals surface area contributed by atoms with E-state index in [0.29, 0.717) is 32.1 Å². The van der Waals surface area contributed by atoms with E-state index in [1.807, 2.05) is 0 Å². The third kappa shape index (κ3) is 6.25. The normalized spacial score (nSPS) is 11.3. The maximum atomic E-state index is 12.6. The molecule has 0 bridgehead atoms. The molecule has 0 saturated carbocycles. The Kier molecular flexibility index (Phi) is 7.96. The third-order valence-corrected chi connectivity index (χ3v) is 6.28. The Morgan fingerprint density at radius 1 is 0.970 bits per heavy atom. The first-order valence-electron chi connectivity index (χ1n) is 9.28. The molecule has 11 heteroatoms. The van der Waals surface area contributed by atoms with Crippen molar-refractivity contribution in [3.05, 3.63) is 81.3 Å². The van der Waals surface area contributed by atoms with Crippen molar-refractivity contribution in [3.8, 4) is 17.2 Å². The molecule has 3 aromatic carbocycles. The van der Waals surface area contributed by atoms with Crippen LogP contribution in [0.1, 0.15) is 15.9 Å². The molecule has 0 heterocycles. The topological polar surface area (TPSA) is 103 Å². The number of nitrogens with zero attached hydrogens (tertiary/aromatic N) is 1. The Labute approximate surface area is 204 Å². The van der Waals surface area contributed by atoms with Crippen LogP contribution in [0, 0.1) is 0 Å². The third-order valence-electron chi connectivity index (χ3n) is 4.29. The summed E-state index contributed by atoms with van der Waals surface area (Å²) in [5.41, 5.74) is 2.99. The Hall–Kier alpha value is -3.08. The molecule has 0 aliphatic carbocycles. The van der Waals surface area contributed by atoms with Gasteiger partial charge in [-0.2, -0.15) is 13.5 Å². The predicted octanol–water partition coefficient (Wildman–Crippen LogP) is 4.65. The van der Waals surface area contributed by atoms with Crippen molar-refractivity contribution in [2.24, 2.45) is 5.10 Å².